The number of amides is 2. The van der Waals surface area contributed by atoms with Crippen molar-refractivity contribution in [3.63, 3.8) is 0 Å². The number of nitrogens with zero attached hydrogens (tertiary/aromatic N) is 2. The third kappa shape index (κ3) is 3.54. The molecule has 0 unspecified atom stereocenters. The summed E-state index contributed by atoms with van der Waals surface area (Å²) in [5.74, 6) is -0.996. The van der Waals surface area contributed by atoms with Crippen molar-refractivity contribution in [3.05, 3.63) is 59.9 Å². The van der Waals surface area contributed by atoms with Crippen molar-refractivity contribution in [2.75, 3.05) is 22.9 Å². The van der Waals surface area contributed by atoms with Crippen LogP contribution in [-0.2, 0) is 4.74 Å². The number of fused-ring (bicyclic) bond motifs is 1. The molecule has 0 atom stereocenters. The number of rotatable bonds is 1. The molecule has 6 heteroatoms. The van der Waals surface area contributed by atoms with Crippen molar-refractivity contribution in [2.45, 2.75) is 26.4 Å². The van der Waals surface area contributed by atoms with Crippen LogP contribution in [0.5, 0.6) is 0 Å². The molecule has 0 radical (unpaired) electrons. The summed E-state index contributed by atoms with van der Waals surface area (Å²) in [7, 11) is 0. The maximum Gasteiger partial charge on any atom is 0.414 e. The molecule has 2 amide bonds. The number of hydrogen-bond donors (Lipinski definition) is 0. The Morgan fingerprint density at radius 2 is 1.46 bits per heavy atom. The monoisotopic (exact) mass is 356 g/mol. The number of hydrogen-bond acceptors (Lipinski definition) is 3. The second-order valence-electron chi connectivity index (χ2n) is 7.06. The van der Waals surface area contributed by atoms with Gasteiger partial charge < -0.3 is 9.64 Å². The normalized spacial score (nSPS) is 14.0. The van der Waals surface area contributed by atoms with Gasteiger partial charge in [-0.3, -0.25) is 9.69 Å². The number of ether oxygens (including phenoxy) is 1. The van der Waals surface area contributed by atoms with Crippen LogP contribution in [0.1, 0.15) is 31.1 Å². The average Bonchev–Trinajstić information content (AvgIpc) is 2.59. The smallest absolute Gasteiger partial charge is 0.414 e. The fraction of sp³-hybridized carbons (Fsp3) is 0.300. The van der Waals surface area contributed by atoms with E-state index in [9.17, 15) is 14.0 Å². The molecule has 0 saturated heterocycles. The lowest BCUT2D eigenvalue weighted by Crippen LogP contribution is -2.48. The van der Waals surface area contributed by atoms with E-state index >= 15 is 0 Å². The van der Waals surface area contributed by atoms with Gasteiger partial charge in [0.15, 0.2) is 0 Å². The highest BCUT2D eigenvalue weighted by Crippen LogP contribution is 2.34. The quantitative estimate of drug-likeness (QED) is 0.768. The van der Waals surface area contributed by atoms with Crippen LogP contribution >= 0.6 is 0 Å². The molecule has 26 heavy (non-hydrogen) atoms. The SMILES string of the molecule is CC(C)(C)OC(=O)N1CCN(C(=O)c2ccccc2F)c2ccccc21. The highest BCUT2D eigenvalue weighted by molar-refractivity contribution is 6.10. The lowest BCUT2D eigenvalue weighted by Gasteiger charge is -2.37. The molecular formula is C20H21FN2O3. The molecule has 2 aromatic rings. The van der Waals surface area contributed by atoms with E-state index in [0.717, 1.165) is 0 Å². The van der Waals surface area contributed by atoms with E-state index in [-0.39, 0.29) is 18.7 Å². The number of carbonyl (C=O) groups is 2. The molecule has 3 rings (SSSR count). The molecule has 0 bridgehead atoms. The zero-order chi connectivity index (χ0) is 18.9. The molecule has 0 fully saturated rings. The predicted molar refractivity (Wildman–Crippen MR) is 98.1 cm³/mol. The summed E-state index contributed by atoms with van der Waals surface area (Å²) in [6.07, 6.45) is -0.469. The highest BCUT2D eigenvalue weighted by Gasteiger charge is 2.33. The van der Waals surface area contributed by atoms with Gasteiger partial charge in [0.2, 0.25) is 0 Å². The van der Waals surface area contributed by atoms with Gasteiger partial charge in [0.1, 0.15) is 11.4 Å². The summed E-state index contributed by atoms with van der Waals surface area (Å²) in [4.78, 5) is 28.4. The van der Waals surface area contributed by atoms with Crippen LogP contribution in [0.2, 0.25) is 0 Å². The van der Waals surface area contributed by atoms with Gasteiger partial charge in [-0.1, -0.05) is 24.3 Å². The largest absolute Gasteiger partial charge is 0.443 e. The third-order valence-corrected chi connectivity index (χ3v) is 3.97. The number of benzene rings is 2. The van der Waals surface area contributed by atoms with Gasteiger partial charge in [0, 0.05) is 13.1 Å². The first-order valence-corrected chi connectivity index (χ1v) is 8.44. The molecule has 0 spiro atoms. The van der Waals surface area contributed by atoms with Crippen LogP contribution < -0.4 is 9.80 Å². The molecule has 5 nitrogen and oxygen atoms in total. The minimum atomic E-state index is -0.619. The van der Waals surface area contributed by atoms with Crippen LogP contribution in [0.15, 0.2) is 48.5 Å². The molecule has 1 aliphatic rings. The second kappa shape index (κ2) is 6.78. The van der Waals surface area contributed by atoms with Crippen LogP contribution in [0.25, 0.3) is 0 Å². The maximum absolute atomic E-state index is 14.0. The van der Waals surface area contributed by atoms with Crippen LogP contribution in [-0.4, -0.2) is 30.7 Å². The number of carbonyl (C=O) groups excluding carboxylic acids is 2. The lowest BCUT2D eigenvalue weighted by molar-refractivity contribution is 0.0578. The summed E-state index contributed by atoms with van der Waals surface area (Å²) in [6, 6.07) is 12.9. The van der Waals surface area contributed by atoms with E-state index in [2.05, 4.69) is 0 Å². The van der Waals surface area contributed by atoms with Crippen LogP contribution in [0, 0.1) is 5.82 Å². The number of halogens is 1. The van der Waals surface area contributed by atoms with Gasteiger partial charge in [0.05, 0.1) is 16.9 Å². The van der Waals surface area contributed by atoms with E-state index in [0.29, 0.717) is 11.4 Å². The van der Waals surface area contributed by atoms with Crippen molar-refractivity contribution in [2.24, 2.45) is 0 Å². The fourth-order valence-electron chi connectivity index (χ4n) is 2.86. The predicted octanol–water partition coefficient (Wildman–Crippen LogP) is 4.23. The highest BCUT2D eigenvalue weighted by atomic mass is 19.1. The number of para-hydroxylation sites is 2. The number of anilines is 2. The average molecular weight is 356 g/mol. The molecule has 136 valence electrons. The Hall–Kier alpha value is -2.89. The third-order valence-electron chi connectivity index (χ3n) is 3.97. The molecule has 0 saturated carbocycles. The van der Waals surface area contributed by atoms with E-state index < -0.39 is 23.4 Å². The van der Waals surface area contributed by atoms with Crippen LogP contribution in [0.4, 0.5) is 20.6 Å². The summed E-state index contributed by atoms with van der Waals surface area (Å²) in [6.45, 7) is 5.92. The molecule has 0 aromatic heterocycles. The molecule has 2 aromatic carbocycles. The van der Waals surface area contributed by atoms with Gasteiger partial charge in [-0.15, -0.1) is 0 Å². The van der Waals surface area contributed by atoms with Gasteiger partial charge in [-0.2, -0.15) is 0 Å². The zero-order valence-electron chi connectivity index (χ0n) is 15.0. The first kappa shape index (κ1) is 17.9. The topological polar surface area (TPSA) is 49.9 Å². The van der Waals surface area contributed by atoms with Crippen molar-refractivity contribution >= 4 is 23.4 Å². The maximum atomic E-state index is 14.0. The summed E-state index contributed by atoms with van der Waals surface area (Å²) < 4.78 is 19.5. The fourth-order valence-corrected chi connectivity index (χ4v) is 2.86. The van der Waals surface area contributed by atoms with E-state index in [4.69, 9.17) is 4.74 Å². The second-order valence-corrected chi connectivity index (χ2v) is 7.06. The Morgan fingerprint density at radius 3 is 2.08 bits per heavy atom. The van der Waals surface area contributed by atoms with Crippen molar-refractivity contribution < 1.29 is 18.7 Å². The summed E-state index contributed by atoms with van der Waals surface area (Å²) >= 11 is 0. The Balaban J connectivity index is 1.94. The molecular weight excluding hydrogens is 335 g/mol. The summed E-state index contributed by atoms with van der Waals surface area (Å²) in [5.41, 5.74) is 0.509. The minimum Gasteiger partial charge on any atom is -0.443 e. The van der Waals surface area contributed by atoms with E-state index in [1.165, 1.54) is 21.9 Å². The van der Waals surface area contributed by atoms with Crippen molar-refractivity contribution in [1.82, 2.24) is 0 Å². The van der Waals surface area contributed by atoms with Crippen molar-refractivity contribution in [1.29, 1.82) is 0 Å². The lowest BCUT2D eigenvalue weighted by atomic mass is 10.1. The first-order chi connectivity index (χ1) is 12.3. The Kier molecular flexibility index (Phi) is 4.68. The first-order valence-electron chi connectivity index (χ1n) is 8.44. The molecule has 0 N–H and O–H groups in total. The van der Waals surface area contributed by atoms with Gasteiger partial charge >= 0.3 is 6.09 Å². The summed E-state index contributed by atoms with van der Waals surface area (Å²) in [5, 5.41) is 0. The Morgan fingerprint density at radius 1 is 0.923 bits per heavy atom. The molecule has 0 aliphatic carbocycles. The zero-order valence-corrected chi connectivity index (χ0v) is 15.0. The van der Waals surface area contributed by atoms with Gasteiger partial charge in [-0.25, -0.2) is 9.18 Å². The van der Waals surface area contributed by atoms with E-state index in [1.54, 1.807) is 57.2 Å². The van der Waals surface area contributed by atoms with Gasteiger partial charge in [-0.05, 0) is 45.0 Å². The van der Waals surface area contributed by atoms with Gasteiger partial charge in [0.25, 0.3) is 5.91 Å². The van der Waals surface area contributed by atoms with E-state index in [1.807, 2.05) is 0 Å². The van der Waals surface area contributed by atoms with Crippen LogP contribution in [0.3, 0.4) is 0 Å². The molecule has 1 heterocycles. The standard InChI is InChI=1S/C20H21FN2O3/c1-20(2,3)26-19(25)23-13-12-22(16-10-6-7-11-17(16)23)18(24)14-8-4-5-9-15(14)21/h4-11H,12-13H2,1-3H3. The molecule has 1 aliphatic heterocycles. The Bertz CT molecular complexity index is 845. The Labute approximate surface area is 152 Å². The van der Waals surface area contributed by atoms with Crippen molar-refractivity contribution in [3.8, 4) is 0 Å². The minimum absolute atomic E-state index is 0.00743.